The highest BCUT2D eigenvalue weighted by atomic mass is 19.3. The summed E-state index contributed by atoms with van der Waals surface area (Å²) in [7, 11) is 0. The summed E-state index contributed by atoms with van der Waals surface area (Å²) in [6.07, 6.45) is 0. The van der Waals surface area contributed by atoms with Crippen LogP contribution in [0.25, 0.3) is 0 Å². The SMILES string of the molecule is O=C1COCC(=O)C1(F)F. The number of hydrogen-bond donors (Lipinski definition) is 0. The third-order valence-electron chi connectivity index (χ3n) is 1.17. The highest BCUT2D eigenvalue weighted by Gasteiger charge is 2.49. The zero-order valence-corrected chi connectivity index (χ0v) is 4.89. The Balaban J connectivity index is 2.83. The fourth-order valence-electron chi connectivity index (χ4n) is 0.573. The molecule has 0 atom stereocenters. The molecule has 0 spiro atoms. The number of ketones is 2. The number of halogens is 2. The molecule has 5 heteroatoms. The number of rotatable bonds is 0. The van der Waals surface area contributed by atoms with Gasteiger partial charge in [0.2, 0.25) is 11.6 Å². The summed E-state index contributed by atoms with van der Waals surface area (Å²) < 4.78 is 28.7. The summed E-state index contributed by atoms with van der Waals surface area (Å²) in [4.78, 5) is 20.5. The smallest absolute Gasteiger partial charge is 0.365 e. The first-order chi connectivity index (χ1) is 4.55. The molecule has 0 aromatic heterocycles. The van der Waals surface area contributed by atoms with Crippen molar-refractivity contribution in [2.24, 2.45) is 0 Å². The predicted octanol–water partition coefficient (Wildman–Crippen LogP) is -0.210. The van der Waals surface area contributed by atoms with Crippen LogP contribution in [-0.2, 0) is 14.3 Å². The van der Waals surface area contributed by atoms with Crippen molar-refractivity contribution in [1.82, 2.24) is 0 Å². The van der Waals surface area contributed by atoms with Crippen molar-refractivity contribution in [2.75, 3.05) is 13.2 Å². The zero-order valence-electron chi connectivity index (χ0n) is 4.89. The Bertz CT molecular complexity index is 169. The van der Waals surface area contributed by atoms with Crippen molar-refractivity contribution in [1.29, 1.82) is 0 Å². The lowest BCUT2D eigenvalue weighted by atomic mass is 10.1. The highest BCUT2D eigenvalue weighted by molar-refractivity contribution is 6.10. The molecule has 1 aliphatic rings. The number of alkyl halides is 2. The molecule has 0 aliphatic carbocycles. The monoisotopic (exact) mass is 150 g/mol. The van der Waals surface area contributed by atoms with Crippen LogP contribution in [0.2, 0.25) is 0 Å². The van der Waals surface area contributed by atoms with Gasteiger partial charge in [0.15, 0.2) is 0 Å². The first kappa shape index (κ1) is 7.27. The van der Waals surface area contributed by atoms with Crippen LogP contribution in [0.4, 0.5) is 8.78 Å². The van der Waals surface area contributed by atoms with E-state index in [1.807, 2.05) is 0 Å². The maximum atomic E-state index is 12.2. The quantitative estimate of drug-likeness (QED) is 0.449. The molecule has 0 aromatic carbocycles. The van der Waals surface area contributed by atoms with Gasteiger partial charge in [-0.15, -0.1) is 0 Å². The van der Waals surface area contributed by atoms with Crippen molar-refractivity contribution in [3.63, 3.8) is 0 Å². The average molecular weight is 150 g/mol. The minimum atomic E-state index is -3.81. The second kappa shape index (κ2) is 2.09. The summed E-state index contributed by atoms with van der Waals surface area (Å²) >= 11 is 0. The van der Waals surface area contributed by atoms with Gasteiger partial charge in [-0.2, -0.15) is 8.78 Å². The Hall–Kier alpha value is -0.840. The molecule has 0 aromatic rings. The van der Waals surface area contributed by atoms with Crippen LogP contribution in [0.1, 0.15) is 0 Å². The lowest BCUT2D eigenvalue weighted by molar-refractivity contribution is -0.170. The van der Waals surface area contributed by atoms with Gasteiger partial charge in [-0.3, -0.25) is 9.59 Å². The highest BCUT2D eigenvalue weighted by Crippen LogP contribution is 2.19. The third-order valence-corrected chi connectivity index (χ3v) is 1.17. The Morgan fingerprint density at radius 3 is 1.90 bits per heavy atom. The summed E-state index contributed by atoms with van der Waals surface area (Å²) in [5.74, 6) is -6.72. The van der Waals surface area contributed by atoms with E-state index >= 15 is 0 Å². The van der Waals surface area contributed by atoms with Gasteiger partial charge in [-0.1, -0.05) is 0 Å². The van der Waals surface area contributed by atoms with Crippen molar-refractivity contribution in [3.8, 4) is 0 Å². The second-order valence-corrected chi connectivity index (χ2v) is 1.91. The predicted molar refractivity (Wildman–Crippen MR) is 25.8 cm³/mol. The Morgan fingerprint density at radius 1 is 1.20 bits per heavy atom. The van der Waals surface area contributed by atoms with Gasteiger partial charge in [0.1, 0.15) is 13.2 Å². The minimum Gasteiger partial charge on any atom is -0.365 e. The van der Waals surface area contributed by atoms with Crippen LogP contribution in [0.15, 0.2) is 0 Å². The average Bonchev–Trinajstić information content (AvgIpc) is 1.84. The van der Waals surface area contributed by atoms with Gasteiger partial charge in [0.25, 0.3) is 0 Å². The van der Waals surface area contributed by atoms with Crippen LogP contribution in [0.3, 0.4) is 0 Å². The molecule has 1 heterocycles. The molecule has 0 bridgehead atoms. The molecule has 1 rings (SSSR count). The topological polar surface area (TPSA) is 43.4 Å². The first-order valence-electron chi connectivity index (χ1n) is 2.57. The summed E-state index contributed by atoms with van der Waals surface area (Å²) in [6.45, 7) is -1.34. The van der Waals surface area contributed by atoms with Crippen LogP contribution in [0, 0.1) is 0 Å². The van der Waals surface area contributed by atoms with Crippen molar-refractivity contribution < 1.29 is 23.1 Å². The normalized spacial score (nSPS) is 25.0. The molecule has 0 amide bonds. The molecule has 10 heavy (non-hydrogen) atoms. The van der Waals surface area contributed by atoms with Crippen molar-refractivity contribution >= 4 is 11.6 Å². The van der Waals surface area contributed by atoms with E-state index in [-0.39, 0.29) is 0 Å². The van der Waals surface area contributed by atoms with E-state index in [4.69, 9.17) is 0 Å². The summed E-state index contributed by atoms with van der Waals surface area (Å²) in [5.41, 5.74) is 0. The van der Waals surface area contributed by atoms with Crippen LogP contribution >= 0.6 is 0 Å². The van der Waals surface area contributed by atoms with Gasteiger partial charge >= 0.3 is 5.92 Å². The van der Waals surface area contributed by atoms with Gasteiger partial charge in [-0.25, -0.2) is 0 Å². The molecule has 56 valence electrons. The number of ether oxygens (including phenoxy) is 1. The number of carbonyl (C=O) groups is 2. The van der Waals surface area contributed by atoms with E-state index in [2.05, 4.69) is 4.74 Å². The number of Topliss-reactive ketones (excluding diaryl/α,β-unsaturated/α-hetero) is 2. The Labute approximate surface area is 55.0 Å². The third kappa shape index (κ3) is 0.923. The molecule has 0 N–H and O–H groups in total. The van der Waals surface area contributed by atoms with Crippen LogP contribution in [0.5, 0.6) is 0 Å². The molecular weight excluding hydrogens is 146 g/mol. The fraction of sp³-hybridized carbons (Fsp3) is 0.600. The largest absolute Gasteiger partial charge is 0.367 e. The zero-order chi connectivity index (χ0) is 7.78. The van der Waals surface area contributed by atoms with Gasteiger partial charge in [-0.05, 0) is 0 Å². The molecule has 3 nitrogen and oxygen atoms in total. The Kier molecular flexibility index (Phi) is 1.52. The Morgan fingerprint density at radius 2 is 1.60 bits per heavy atom. The fourth-order valence-corrected chi connectivity index (χ4v) is 0.573. The summed E-state index contributed by atoms with van der Waals surface area (Å²) in [6, 6.07) is 0. The van der Waals surface area contributed by atoms with Crippen molar-refractivity contribution in [3.05, 3.63) is 0 Å². The van der Waals surface area contributed by atoms with E-state index in [9.17, 15) is 18.4 Å². The minimum absolute atomic E-state index is 0.668. The standard InChI is InChI=1S/C5H4F2O3/c6-5(7)3(8)1-10-2-4(5)9/h1-2H2. The first-order valence-corrected chi connectivity index (χ1v) is 2.57. The lowest BCUT2D eigenvalue weighted by Gasteiger charge is -2.17. The van der Waals surface area contributed by atoms with E-state index in [0.29, 0.717) is 0 Å². The summed E-state index contributed by atoms with van der Waals surface area (Å²) in [5, 5.41) is 0. The maximum absolute atomic E-state index is 12.2. The molecule has 0 saturated carbocycles. The van der Waals surface area contributed by atoms with E-state index < -0.39 is 30.7 Å². The second-order valence-electron chi connectivity index (χ2n) is 1.91. The van der Waals surface area contributed by atoms with Crippen LogP contribution < -0.4 is 0 Å². The molecule has 0 radical (unpaired) electrons. The van der Waals surface area contributed by atoms with E-state index in [0.717, 1.165) is 0 Å². The van der Waals surface area contributed by atoms with Gasteiger partial charge in [0, 0.05) is 0 Å². The molecular formula is C5H4F2O3. The lowest BCUT2D eigenvalue weighted by Crippen LogP contribution is -2.47. The number of carbonyl (C=O) groups excluding carboxylic acids is 2. The van der Waals surface area contributed by atoms with E-state index in [1.165, 1.54) is 0 Å². The van der Waals surface area contributed by atoms with Crippen molar-refractivity contribution in [2.45, 2.75) is 5.92 Å². The molecule has 0 unspecified atom stereocenters. The molecule has 1 saturated heterocycles. The van der Waals surface area contributed by atoms with E-state index in [1.54, 1.807) is 0 Å². The molecule has 1 aliphatic heterocycles. The maximum Gasteiger partial charge on any atom is 0.367 e. The van der Waals surface area contributed by atoms with Gasteiger partial charge in [0.05, 0.1) is 0 Å². The molecule has 1 fully saturated rings. The van der Waals surface area contributed by atoms with Crippen LogP contribution in [-0.4, -0.2) is 30.7 Å². The van der Waals surface area contributed by atoms with Gasteiger partial charge < -0.3 is 4.74 Å². The number of hydrogen-bond acceptors (Lipinski definition) is 3.